The van der Waals surface area contributed by atoms with Gasteiger partial charge in [0, 0.05) is 41.4 Å². The second-order valence-electron chi connectivity index (χ2n) is 7.06. The van der Waals surface area contributed by atoms with Crippen molar-refractivity contribution in [1.82, 2.24) is 15.3 Å². The summed E-state index contributed by atoms with van der Waals surface area (Å²) in [5, 5.41) is 4.88. The van der Waals surface area contributed by atoms with Crippen molar-refractivity contribution in [2.75, 3.05) is 0 Å². The van der Waals surface area contributed by atoms with E-state index in [2.05, 4.69) is 15.3 Å². The van der Waals surface area contributed by atoms with E-state index in [1.54, 1.807) is 0 Å². The summed E-state index contributed by atoms with van der Waals surface area (Å²) in [6.07, 6.45) is 2.16. The zero-order chi connectivity index (χ0) is 21.1. The van der Waals surface area contributed by atoms with Gasteiger partial charge in [0.25, 0.3) is 0 Å². The fraction of sp³-hybridized carbons (Fsp3) is 0.174. The number of amides is 1. The van der Waals surface area contributed by atoms with Crippen molar-refractivity contribution in [3.63, 3.8) is 0 Å². The van der Waals surface area contributed by atoms with Gasteiger partial charge in [0.05, 0.1) is 5.52 Å². The van der Waals surface area contributed by atoms with Crippen molar-refractivity contribution < 1.29 is 14.3 Å². The van der Waals surface area contributed by atoms with Gasteiger partial charge in [-0.1, -0.05) is 48.0 Å². The van der Waals surface area contributed by atoms with Crippen molar-refractivity contribution in [1.29, 1.82) is 0 Å². The van der Waals surface area contributed by atoms with Gasteiger partial charge in [-0.15, -0.1) is 0 Å². The molecular formula is C23H20ClN3O3. The Morgan fingerprint density at radius 2 is 1.90 bits per heavy atom. The fourth-order valence-corrected chi connectivity index (χ4v) is 3.65. The lowest BCUT2D eigenvalue weighted by molar-refractivity contribution is -0.149. The van der Waals surface area contributed by atoms with E-state index >= 15 is 0 Å². The maximum atomic E-state index is 12.8. The minimum atomic E-state index is -0.811. The van der Waals surface area contributed by atoms with Crippen molar-refractivity contribution in [3.05, 3.63) is 77.1 Å². The quantitative estimate of drug-likeness (QED) is 0.361. The number of hydrogen-bond acceptors (Lipinski definition) is 4. The lowest BCUT2D eigenvalue weighted by Crippen LogP contribution is -2.42. The lowest BCUT2D eigenvalue weighted by atomic mass is 10.0. The van der Waals surface area contributed by atoms with E-state index < -0.39 is 12.0 Å². The predicted molar refractivity (Wildman–Crippen MR) is 116 cm³/mol. The fourth-order valence-electron chi connectivity index (χ4n) is 3.45. The average molecular weight is 422 g/mol. The Kier molecular flexibility index (Phi) is 5.68. The molecule has 6 nitrogen and oxygen atoms in total. The summed E-state index contributed by atoms with van der Waals surface area (Å²) in [7, 11) is 0. The number of pyridine rings is 1. The molecule has 0 aliphatic heterocycles. The molecule has 0 fully saturated rings. The summed E-state index contributed by atoms with van der Waals surface area (Å²) in [6.45, 7) is 1.35. The molecule has 1 amide bonds. The number of aromatic amines is 1. The van der Waals surface area contributed by atoms with Crippen LogP contribution in [0.15, 0.2) is 60.8 Å². The largest absolute Gasteiger partial charge is 0.459 e. The molecule has 0 bridgehead atoms. The highest BCUT2D eigenvalue weighted by Crippen LogP contribution is 2.22. The number of fused-ring (bicyclic) bond motifs is 2. The number of nitrogens with zero attached hydrogens (tertiary/aromatic N) is 1. The number of esters is 1. The van der Waals surface area contributed by atoms with Crippen LogP contribution in [-0.2, 0) is 27.4 Å². The van der Waals surface area contributed by atoms with Gasteiger partial charge in [0.2, 0.25) is 5.91 Å². The number of aromatic nitrogens is 2. The number of halogens is 1. The van der Waals surface area contributed by atoms with Crippen LogP contribution in [0.1, 0.15) is 18.1 Å². The van der Waals surface area contributed by atoms with Gasteiger partial charge in [-0.05, 0) is 23.8 Å². The first-order chi connectivity index (χ1) is 14.5. The van der Waals surface area contributed by atoms with Crippen LogP contribution in [-0.4, -0.2) is 27.9 Å². The highest BCUT2D eigenvalue weighted by Gasteiger charge is 2.23. The molecule has 0 aliphatic carbocycles. The SMILES string of the molecule is CC(=O)N[C@@H](Cc1c[nH]c2ccccc12)C(=O)OCc1cc2ccccc2nc1Cl. The maximum absolute atomic E-state index is 12.8. The normalized spacial score (nSPS) is 12.1. The van der Waals surface area contributed by atoms with Crippen molar-refractivity contribution in [3.8, 4) is 0 Å². The molecule has 0 spiro atoms. The van der Waals surface area contributed by atoms with Crippen LogP contribution in [0.2, 0.25) is 5.15 Å². The Balaban J connectivity index is 1.51. The molecule has 4 aromatic rings. The first-order valence-electron chi connectivity index (χ1n) is 9.54. The topological polar surface area (TPSA) is 84.1 Å². The second-order valence-corrected chi connectivity index (χ2v) is 7.41. The molecule has 2 aromatic heterocycles. The summed E-state index contributed by atoms with van der Waals surface area (Å²) in [5.74, 6) is -0.832. The van der Waals surface area contributed by atoms with Gasteiger partial charge in [-0.25, -0.2) is 9.78 Å². The van der Waals surface area contributed by atoms with E-state index in [9.17, 15) is 9.59 Å². The number of para-hydroxylation sites is 2. The number of ether oxygens (including phenoxy) is 1. The molecule has 4 rings (SSSR count). The molecule has 0 saturated heterocycles. The molecule has 0 aliphatic rings. The monoisotopic (exact) mass is 421 g/mol. The number of rotatable bonds is 6. The molecule has 30 heavy (non-hydrogen) atoms. The molecule has 1 atom stereocenters. The van der Waals surface area contributed by atoms with Gasteiger partial charge in [-0.2, -0.15) is 0 Å². The van der Waals surface area contributed by atoms with Crippen LogP contribution in [0.5, 0.6) is 0 Å². The molecule has 0 saturated carbocycles. The average Bonchev–Trinajstić information content (AvgIpc) is 3.14. The number of nitrogens with one attached hydrogen (secondary N) is 2. The van der Waals surface area contributed by atoms with Crippen LogP contribution in [0, 0.1) is 0 Å². The van der Waals surface area contributed by atoms with Gasteiger partial charge < -0.3 is 15.0 Å². The Morgan fingerprint density at radius 3 is 2.73 bits per heavy atom. The lowest BCUT2D eigenvalue weighted by Gasteiger charge is -2.17. The predicted octanol–water partition coefficient (Wildman–Crippen LogP) is 4.16. The number of benzene rings is 2. The van der Waals surface area contributed by atoms with Gasteiger partial charge in [0.15, 0.2) is 0 Å². The molecule has 152 valence electrons. The number of H-pyrrole nitrogens is 1. The van der Waals surface area contributed by atoms with E-state index in [1.807, 2.05) is 60.8 Å². The van der Waals surface area contributed by atoms with Crippen molar-refractivity contribution >= 4 is 45.3 Å². The van der Waals surface area contributed by atoms with E-state index in [4.69, 9.17) is 16.3 Å². The summed E-state index contributed by atoms with van der Waals surface area (Å²) in [6, 6.07) is 16.4. The van der Waals surface area contributed by atoms with Gasteiger partial charge in [-0.3, -0.25) is 4.79 Å². The molecular weight excluding hydrogens is 402 g/mol. The zero-order valence-electron chi connectivity index (χ0n) is 16.3. The molecule has 2 aromatic carbocycles. The molecule has 0 radical (unpaired) electrons. The van der Waals surface area contributed by atoms with Crippen molar-refractivity contribution in [2.45, 2.75) is 26.0 Å². The minimum absolute atomic E-state index is 0.0283. The standard InChI is InChI=1S/C23H20ClN3O3/c1-14(28)26-21(11-16-12-25-20-9-5-3-7-18(16)20)23(29)30-13-17-10-15-6-2-4-8-19(15)27-22(17)24/h2-10,12,21,25H,11,13H2,1H3,(H,26,28)/t21-/m0/s1. The number of carbonyl (C=O) groups is 2. The Hall–Kier alpha value is -3.38. The van der Waals surface area contributed by atoms with E-state index in [1.165, 1.54) is 6.92 Å². The van der Waals surface area contributed by atoms with E-state index in [-0.39, 0.29) is 17.7 Å². The smallest absolute Gasteiger partial charge is 0.329 e. The Bertz CT molecular complexity index is 1230. The molecule has 2 heterocycles. The zero-order valence-corrected chi connectivity index (χ0v) is 17.1. The third-order valence-corrected chi connectivity index (χ3v) is 5.21. The number of hydrogen-bond donors (Lipinski definition) is 2. The third-order valence-electron chi connectivity index (χ3n) is 4.88. The number of carbonyl (C=O) groups excluding carboxylic acids is 2. The summed E-state index contributed by atoms with van der Waals surface area (Å²) in [5.41, 5.74) is 3.27. The van der Waals surface area contributed by atoms with E-state index in [0.29, 0.717) is 12.0 Å². The van der Waals surface area contributed by atoms with E-state index in [0.717, 1.165) is 27.4 Å². The van der Waals surface area contributed by atoms with Crippen molar-refractivity contribution in [2.24, 2.45) is 0 Å². The van der Waals surface area contributed by atoms with Gasteiger partial charge in [0.1, 0.15) is 17.8 Å². The first-order valence-corrected chi connectivity index (χ1v) is 9.92. The summed E-state index contributed by atoms with van der Waals surface area (Å²) in [4.78, 5) is 32.0. The highest BCUT2D eigenvalue weighted by molar-refractivity contribution is 6.30. The summed E-state index contributed by atoms with van der Waals surface area (Å²) >= 11 is 6.25. The minimum Gasteiger partial charge on any atom is -0.459 e. The summed E-state index contributed by atoms with van der Waals surface area (Å²) < 4.78 is 5.49. The third kappa shape index (κ3) is 4.28. The highest BCUT2D eigenvalue weighted by atomic mass is 35.5. The van der Waals surface area contributed by atoms with Crippen LogP contribution in [0.3, 0.4) is 0 Å². The Morgan fingerprint density at radius 1 is 1.13 bits per heavy atom. The van der Waals surface area contributed by atoms with Crippen LogP contribution >= 0.6 is 11.6 Å². The first kappa shape index (κ1) is 19.9. The van der Waals surface area contributed by atoms with Crippen LogP contribution < -0.4 is 5.32 Å². The molecule has 0 unspecified atom stereocenters. The van der Waals surface area contributed by atoms with Crippen LogP contribution in [0.4, 0.5) is 0 Å². The maximum Gasteiger partial charge on any atom is 0.329 e. The molecule has 7 heteroatoms. The van der Waals surface area contributed by atoms with Gasteiger partial charge >= 0.3 is 5.97 Å². The molecule has 2 N–H and O–H groups in total. The van der Waals surface area contributed by atoms with Crippen LogP contribution in [0.25, 0.3) is 21.8 Å². The second kappa shape index (κ2) is 8.55. The Labute approximate surface area is 178 Å².